The predicted molar refractivity (Wildman–Crippen MR) is 97.2 cm³/mol. The number of imidazole rings is 1. The van der Waals surface area contributed by atoms with Gasteiger partial charge in [-0.2, -0.15) is 0 Å². The molecule has 25 heavy (non-hydrogen) atoms. The minimum Gasteiger partial charge on any atom is -0.469 e. The molecule has 2 heterocycles. The number of carbonyl (C=O) groups is 1. The Bertz CT molecular complexity index is 952. The standard InChI is InChI=1S/C20H17N3O2/c24-19(12-11-16-4-3-13-25-16)21-15-9-7-14(8-10-15)20-22-17-5-1-2-6-18(17)23-20/h1-10,13H,11-12H2,(H,21,24)(H,22,23). The molecule has 2 aromatic carbocycles. The van der Waals surface area contributed by atoms with Crippen molar-refractivity contribution in [1.29, 1.82) is 0 Å². The summed E-state index contributed by atoms with van der Waals surface area (Å²) < 4.78 is 5.23. The normalized spacial score (nSPS) is 10.9. The SMILES string of the molecule is O=C(CCc1ccco1)Nc1ccc(-c2nc3ccccc3[nH]2)cc1. The van der Waals surface area contributed by atoms with Crippen LogP contribution in [0.2, 0.25) is 0 Å². The number of benzene rings is 2. The number of aromatic nitrogens is 2. The molecule has 0 aliphatic rings. The van der Waals surface area contributed by atoms with E-state index in [2.05, 4.69) is 15.3 Å². The first-order valence-electron chi connectivity index (χ1n) is 8.15. The van der Waals surface area contributed by atoms with Crippen molar-refractivity contribution in [2.75, 3.05) is 5.32 Å². The van der Waals surface area contributed by atoms with Crippen LogP contribution in [0, 0.1) is 0 Å². The number of H-pyrrole nitrogens is 1. The number of amides is 1. The van der Waals surface area contributed by atoms with Gasteiger partial charge in [0.1, 0.15) is 11.6 Å². The average Bonchev–Trinajstić information content (AvgIpc) is 3.30. The maximum absolute atomic E-state index is 12.0. The molecule has 0 atom stereocenters. The van der Waals surface area contributed by atoms with Crippen molar-refractivity contribution in [3.63, 3.8) is 0 Å². The maximum Gasteiger partial charge on any atom is 0.224 e. The van der Waals surface area contributed by atoms with Crippen LogP contribution < -0.4 is 5.32 Å². The van der Waals surface area contributed by atoms with Gasteiger partial charge in [-0.3, -0.25) is 4.79 Å². The molecule has 0 spiro atoms. The van der Waals surface area contributed by atoms with Gasteiger partial charge in [0.2, 0.25) is 5.91 Å². The van der Waals surface area contributed by atoms with Gasteiger partial charge in [0.25, 0.3) is 0 Å². The molecule has 0 aliphatic heterocycles. The van der Waals surface area contributed by atoms with Crippen LogP contribution in [0.25, 0.3) is 22.4 Å². The summed E-state index contributed by atoms with van der Waals surface area (Å²) in [6.07, 6.45) is 2.60. The molecule has 4 aromatic rings. The van der Waals surface area contributed by atoms with E-state index in [1.54, 1.807) is 6.26 Å². The molecule has 0 saturated heterocycles. The van der Waals surface area contributed by atoms with E-state index in [1.165, 1.54) is 0 Å². The average molecular weight is 331 g/mol. The molecule has 0 saturated carbocycles. The van der Waals surface area contributed by atoms with Crippen LogP contribution in [0.15, 0.2) is 71.3 Å². The minimum absolute atomic E-state index is 0.0344. The van der Waals surface area contributed by atoms with E-state index in [0.717, 1.165) is 33.9 Å². The number of aryl methyl sites for hydroxylation is 1. The quantitative estimate of drug-likeness (QED) is 0.569. The second-order valence-electron chi connectivity index (χ2n) is 5.81. The van der Waals surface area contributed by atoms with Crippen LogP contribution >= 0.6 is 0 Å². The van der Waals surface area contributed by atoms with E-state index >= 15 is 0 Å². The van der Waals surface area contributed by atoms with Gasteiger partial charge in [-0.25, -0.2) is 4.98 Å². The summed E-state index contributed by atoms with van der Waals surface area (Å²) in [5, 5.41) is 2.90. The Morgan fingerprint density at radius 3 is 2.64 bits per heavy atom. The molecule has 5 heteroatoms. The van der Waals surface area contributed by atoms with Crippen LogP contribution in [0.4, 0.5) is 5.69 Å². The Kier molecular flexibility index (Phi) is 4.04. The summed E-state index contributed by atoms with van der Waals surface area (Å²) in [5.41, 5.74) is 3.69. The van der Waals surface area contributed by atoms with Crippen molar-refractivity contribution < 1.29 is 9.21 Å². The minimum atomic E-state index is -0.0344. The van der Waals surface area contributed by atoms with Gasteiger partial charge < -0.3 is 14.7 Å². The van der Waals surface area contributed by atoms with E-state index in [4.69, 9.17) is 4.42 Å². The lowest BCUT2D eigenvalue weighted by atomic mass is 10.2. The van der Waals surface area contributed by atoms with E-state index in [9.17, 15) is 4.79 Å². The summed E-state index contributed by atoms with van der Waals surface area (Å²) in [7, 11) is 0. The predicted octanol–water partition coefficient (Wildman–Crippen LogP) is 4.39. The van der Waals surface area contributed by atoms with Gasteiger partial charge in [0.05, 0.1) is 17.3 Å². The van der Waals surface area contributed by atoms with Crippen LogP contribution in [0.3, 0.4) is 0 Å². The van der Waals surface area contributed by atoms with Crippen LogP contribution in [0.5, 0.6) is 0 Å². The van der Waals surface area contributed by atoms with Crippen molar-refractivity contribution in [1.82, 2.24) is 9.97 Å². The van der Waals surface area contributed by atoms with Crippen LogP contribution in [0.1, 0.15) is 12.2 Å². The molecule has 4 rings (SSSR count). The smallest absolute Gasteiger partial charge is 0.224 e. The summed E-state index contributed by atoms with van der Waals surface area (Å²) in [6.45, 7) is 0. The first-order chi connectivity index (χ1) is 12.3. The highest BCUT2D eigenvalue weighted by atomic mass is 16.3. The Balaban J connectivity index is 1.42. The van der Waals surface area contributed by atoms with Crippen LogP contribution in [-0.4, -0.2) is 15.9 Å². The summed E-state index contributed by atoms with van der Waals surface area (Å²) >= 11 is 0. The van der Waals surface area contributed by atoms with E-state index < -0.39 is 0 Å². The molecule has 0 bridgehead atoms. The zero-order chi connectivity index (χ0) is 17.1. The maximum atomic E-state index is 12.0. The summed E-state index contributed by atoms with van der Waals surface area (Å²) in [4.78, 5) is 19.9. The topological polar surface area (TPSA) is 70.9 Å². The molecule has 2 N–H and O–H groups in total. The molecule has 0 unspecified atom stereocenters. The third-order valence-electron chi connectivity index (χ3n) is 4.01. The molecule has 2 aromatic heterocycles. The third kappa shape index (κ3) is 3.45. The third-order valence-corrected chi connectivity index (χ3v) is 4.01. The number of rotatable bonds is 5. The number of furan rings is 1. The second-order valence-corrected chi connectivity index (χ2v) is 5.81. The molecule has 5 nitrogen and oxygen atoms in total. The number of anilines is 1. The Labute approximate surface area is 144 Å². The molecular formula is C20H17N3O2. The van der Waals surface area contributed by atoms with Crippen molar-refractivity contribution >= 4 is 22.6 Å². The van der Waals surface area contributed by atoms with Crippen molar-refractivity contribution in [2.45, 2.75) is 12.8 Å². The molecule has 0 fully saturated rings. The van der Waals surface area contributed by atoms with Crippen LogP contribution in [-0.2, 0) is 11.2 Å². The van der Waals surface area contributed by atoms with Gasteiger partial charge in [0.15, 0.2) is 0 Å². The first kappa shape index (κ1) is 15.2. The molecule has 1 amide bonds. The van der Waals surface area contributed by atoms with Gasteiger partial charge >= 0.3 is 0 Å². The zero-order valence-electron chi connectivity index (χ0n) is 13.5. The second kappa shape index (κ2) is 6.65. The number of nitrogens with zero attached hydrogens (tertiary/aromatic N) is 1. The number of hydrogen-bond donors (Lipinski definition) is 2. The largest absolute Gasteiger partial charge is 0.469 e. The number of para-hydroxylation sites is 2. The number of aromatic amines is 1. The van der Waals surface area contributed by atoms with Gasteiger partial charge in [-0.15, -0.1) is 0 Å². The van der Waals surface area contributed by atoms with Crippen molar-refractivity contribution in [3.05, 3.63) is 72.7 Å². The van der Waals surface area contributed by atoms with Crippen molar-refractivity contribution in [3.8, 4) is 11.4 Å². The van der Waals surface area contributed by atoms with E-state index in [1.807, 2.05) is 60.7 Å². The monoisotopic (exact) mass is 331 g/mol. The lowest BCUT2D eigenvalue weighted by Crippen LogP contribution is -2.12. The number of fused-ring (bicyclic) bond motifs is 1. The Morgan fingerprint density at radius 1 is 1.04 bits per heavy atom. The lowest BCUT2D eigenvalue weighted by molar-refractivity contribution is -0.116. The molecule has 0 radical (unpaired) electrons. The van der Waals surface area contributed by atoms with Crippen molar-refractivity contribution in [2.24, 2.45) is 0 Å². The first-order valence-corrected chi connectivity index (χ1v) is 8.15. The molecular weight excluding hydrogens is 314 g/mol. The zero-order valence-corrected chi connectivity index (χ0v) is 13.5. The highest BCUT2D eigenvalue weighted by molar-refractivity contribution is 5.91. The van der Waals surface area contributed by atoms with Gasteiger partial charge in [0, 0.05) is 24.1 Å². The Morgan fingerprint density at radius 2 is 1.88 bits per heavy atom. The van der Waals surface area contributed by atoms with Gasteiger partial charge in [-0.1, -0.05) is 12.1 Å². The summed E-state index contributed by atoms with van der Waals surface area (Å²) in [6, 6.07) is 19.3. The molecule has 0 aliphatic carbocycles. The lowest BCUT2D eigenvalue weighted by Gasteiger charge is -2.05. The highest BCUT2D eigenvalue weighted by Gasteiger charge is 2.07. The fourth-order valence-corrected chi connectivity index (χ4v) is 2.72. The number of nitrogens with one attached hydrogen (secondary N) is 2. The fraction of sp³-hybridized carbons (Fsp3) is 0.100. The number of carbonyl (C=O) groups excluding carboxylic acids is 1. The fourth-order valence-electron chi connectivity index (χ4n) is 2.72. The highest BCUT2D eigenvalue weighted by Crippen LogP contribution is 2.22. The van der Waals surface area contributed by atoms with E-state index in [0.29, 0.717) is 12.8 Å². The Hall–Kier alpha value is -3.34. The summed E-state index contributed by atoms with van der Waals surface area (Å²) in [5.74, 6) is 1.60. The van der Waals surface area contributed by atoms with Gasteiger partial charge in [-0.05, 0) is 48.5 Å². The van der Waals surface area contributed by atoms with E-state index in [-0.39, 0.29) is 5.91 Å². The number of hydrogen-bond acceptors (Lipinski definition) is 3. The molecule has 124 valence electrons.